The average Bonchev–Trinajstić information content (AvgIpc) is 3.17. The zero-order valence-corrected chi connectivity index (χ0v) is 20.0. The number of morpholine rings is 1. The molecule has 1 aliphatic rings. The summed E-state index contributed by atoms with van der Waals surface area (Å²) in [7, 11) is 0. The number of aromatic amines is 1. The minimum atomic E-state index is -0.424. The molecule has 0 aromatic carbocycles. The first-order valence-electron chi connectivity index (χ1n) is 12.3. The standard InChI is InChI=1S/C23H38N6O4/c1-3-5-7-12-28-18(8-9-19(30)24-10-13-27-14-16-33-17-15-27)25-21-20(28)22(31)26-23(32)29(21)11-6-4-2/h3-17H2,1-2H3,(H,24,30)(H,26,31,32). The third kappa shape index (κ3) is 6.77. The number of carbonyl (C=O) groups is 1. The molecule has 0 spiro atoms. The van der Waals surface area contributed by atoms with Gasteiger partial charge in [-0.25, -0.2) is 9.78 Å². The third-order valence-electron chi connectivity index (χ3n) is 6.11. The minimum Gasteiger partial charge on any atom is -0.379 e. The van der Waals surface area contributed by atoms with Gasteiger partial charge in [-0.1, -0.05) is 33.1 Å². The van der Waals surface area contributed by atoms with E-state index in [-0.39, 0.29) is 12.3 Å². The van der Waals surface area contributed by atoms with Crippen LogP contribution in [0.4, 0.5) is 0 Å². The molecule has 1 fully saturated rings. The predicted octanol–water partition coefficient (Wildman–Crippen LogP) is 1.26. The first kappa shape index (κ1) is 25.2. The highest BCUT2D eigenvalue weighted by atomic mass is 16.5. The molecule has 0 bridgehead atoms. The second kappa shape index (κ2) is 12.7. The van der Waals surface area contributed by atoms with Crippen molar-refractivity contribution in [3.8, 4) is 0 Å². The molecule has 10 nitrogen and oxygen atoms in total. The zero-order chi connectivity index (χ0) is 23.6. The van der Waals surface area contributed by atoms with Crippen LogP contribution < -0.4 is 16.6 Å². The van der Waals surface area contributed by atoms with Crippen molar-refractivity contribution in [2.75, 3.05) is 39.4 Å². The second-order valence-corrected chi connectivity index (χ2v) is 8.63. The number of aromatic nitrogens is 4. The number of imidazole rings is 1. The van der Waals surface area contributed by atoms with Gasteiger partial charge in [0.25, 0.3) is 5.56 Å². The van der Waals surface area contributed by atoms with Crippen molar-refractivity contribution in [1.82, 2.24) is 29.3 Å². The third-order valence-corrected chi connectivity index (χ3v) is 6.11. The van der Waals surface area contributed by atoms with E-state index < -0.39 is 11.2 Å². The molecule has 0 radical (unpaired) electrons. The van der Waals surface area contributed by atoms with Crippen molar-refractivity contribution >= 4 is 17.1 Å². The molecule has 0 saturated carbocycles. The molecule has 3 heterocycles. The van der Waals surface area contributed by atoms with Crippen LogP contribution in [-0.4, -0.2) is 69.3 Å². The maximum Gasteiger partial charge on any atom is 0.330 e. The number of hydrogen-bond acceptors (Lipinski definition) is 6. The van der Waals surface area contributed by atoms with Crippen LogP contribution in [-0.2, 0) is 29.0 Å². The van der Waals surface area contributed by atoms with E-state index in [1.807, 2.05) is 4.57 Å². The summed E-state index contributed by atoms with van der Waals surface area (Å²) < 4.78 is 8.82. The SMILES string of the molecule is CCCCCn1c(CCC(=O)NCCN2CCOCC2)nc2c1c(=O)[nH]c(=O)n2CCCC. The number of nitrogens with zero attached hydrogens (tertiary/aromatic N) is 4. The van der Waals surface area contributed by atoms with E-state index in [1.54, 1.807) is 4.57 Å². The molecular formula is C23H38N6O4. The van der Waals surface area contributed by atoms with Gasteiger partial charge in [-0.3, -0.25) is 24.0 Å². The van der Waals surface area contributed by atoms with Crippen molar-refractivity contribution in [2.24, 2.45) is 0 Å². The smallest absolute Gasteiger partial charge is 0.330 e. The van der Waals surface area contributed by atoms with Gasteiger partial charge in [0.1, 0.15) is 5.82 Å². The molecule has 10 heteroatoms. The van der Waals surface area contributed by atoms with Gasteiger partial charge < -0.3 is 14.6 Å². The van der Waals surface area contributed by atoms with Crippen molar-refractivity contribution in [3.63, 3.8) is 0 Å². The molecular weight excluding hydrogens is 424 g/mol. The molecule has 1 aliphatic heterocycles. The summed E-state index contributed by atoms with van der Waals surface area (Å²) in [5.41, 5.74) is 0.0282. The fraction of sp³-hybridized carbons (Fsp3) is 0.739. The molecule has 2 aromatic heterocycles. The molecule has 33 heavy (non-hydrogen) atoms. The van der Waals surface area contributed by atoms with Crippen LogP contribution in [0.3, 0.4) is 0 Å². The summed E-state index contributed by atoms with van der Waals surface area (Å²) in [5, 5.41) is 2.98. The molecule has 184 valence electrons. The predicted molar refractivity (Wildman–Crippen MR) is 128 cm³/mol. The molecule has 0 aliphatic carbocycles. The maximum absolute atomic E-state index is 12.7. The number of rotatable bonds is 13. The van der Waals surface area contributed by atoms with Crippen LogP contribution in [0.2, 0.25) is 0 Å². The Balaban J connectivity index is 1.73. The number of amides is 1. The van der Waals surface area contributed by atoms with Crippen LogP contribution in [0.15, 0.2) is 9.59 Å². The number of fused-ring (bicyclic) bond motifs is 1. The monoisotopic (exact) mass is 462 g/mol. The number of ether oxygens (including phenoxy) is 1. The topological polar surface area (TPSA) is 114 Å². The van der Waals surface area contributed by atoms with E-state index in [0.29, 0.717) is 43.0 Å². The van der Waals surface area contributed by atoms with Crippen LogP contribution in [0.25, 0.3) is 11.2 Å². The van der Waals surface area contributed by atoms with Gasteiger partial charge >= 0.3 is 5.69 Å². The first-order chi connectivity index (χ1) is 16.0. The fourth-order valence-corrected chi connectivity index (χ4v) is 4.18. The molecule has 0 atom stereocenters. The minimum absolute atomic E-state index is 0.0345. The summed E-state index contributed by atoms with van der Waals surface area (Å²) >= 11 is 0. The van der Waals surface area contributed by atoms with E-state index in [4.69, 9.17) is 9.72 Å². The van der Waals surface area contributed by atoms with Crippen molar-refractivity contribution < 1.29 is 9.53 Å². The fourth-order valence-electron chi connectivity index (χ4n) is 4.18. The van der Waals surface area contributed by atoms with Gasteiger partial charge in [-0.2, -0.15) is 0 Å². The van der Waals surface area contributed by atoms with Crippen LogP contribution in [0.1, 0.15) is 58.2 Å². The van der Waals surface area contributed by atoms with E-state index in [9.17, 15) is 14.4 Å². The van der Waals surface area contributed by atoms with E-state index in [1.165, 1.54) is 0 Å². The normalized spacial score (nSPS) is 14.7. The van der Waals surface area contributed by atoms with Gasteiger partial charge in [0.2, 0.25) is 5.91 Å². The summed E-state index contributed by atoms with van der Waals surface area (Å²) in [4.78, 5) is 47.0. The Morgan fingerprint density at radius 2 is 1.76 bits per heavy atom. The van der Waals surface area contributed by atoms with Gasteiger partial charge in [0, 0.05) is 52.1 Å². The first-order valence-corrected chi connectivity index (χ1v) is 12.3. The Morgan fingerprint density at radius 1 is 1.03 bits per heavy atom. The Kier molecular flexibility index (Phi) is 9.68. The lowest BCUT2D eigenvalue weighted by Gasteiger charge is -2.26. The molecule has 3 rings (SSSR count). The molecule has 2 N–H and O–H groups in total. The Hall–Kier alpha value is -2.46. The van der Waals surface area contributed by atoms with Crippen LogP contribution in [0, 0.1) is 0 Å². The number of nitrogens with one attached hydrogen (secondary N) is 2. The lowest BCUT2D eigenvalue weighted by molar-refractivity contribution is -0.121. The van der Waals surface area contributed by atoms with Crippen molar-refractivity contribution in [1.29, 1.82) is 0 Å². The summed E-state index contributed by atoms with van der Waals surface area (Å²) in [6.45, 7) is 10.0. The van der Waals surface area contributed by atoms with Crippen LogP contribution >= 0.6 is 0 Å². The maximum atomic E-state index is 12.7. The molecule has 1 amide bonds. The highest BCUT2D eigenvalue weighted by Crippen LogP contribution is 2.15. The largest absolute Gasteiger partial charge is 0.379 e. The Labute approximate surface area is 194 Å². The Morgan fingerprint density at radius 3 is 2.48 bits per heavy atom. The quantitative estimate of drug-likeness (QED) is 0.433. The number of hydrogen-bond donors (Lipinski definition) is 2. The summed E-state index contributed by atoms with van der Waals surface area (Å²) in [5.74, 6) is 0.651. The van der Waals surface area contributed by atoms with Crippen LogP contribution in [0.5, 0.6) is 0 Å². The number of carbonyl (C=O) groups excluding carboxylic acids is 1. The van der Waals surface area contributed by atoms with Gasteiger partial charge in [-0.05, 0) is 12.8 Å². The molecule has 1 saturated heterocycles. The number of aryl methyl sites for hydroxylation is 3. The lowest BCUT2D eigenvalue weighted by Crippen LogP contribution is -2.41. The summed E-state index contributed by atoms with van der Waals surface area (Å²) in [6.07, 6.45) is 5.48. The highest BCUT2D eigenvalue weighted by molar-refractivity contribution is 5.76. The second-order valence-electron chi connectivity index (χ2n) is 8.63. The van der Waals surface area contributed by atoms with Gasteiger partial charge in [0.05, 0.1) is 13.2 Å². The van der Waals surface area contributed by atoms with Crippen molar-refractivity contribution in [2.45, 2.75) is 71.9 Å². The lowest BCUT2D eigenvalue weighted by atomic mass is 10.2. The number of H-pyrrole nitrogens is 1. The summed E-state index contributed by atoms with van der Waals surface area (Å²) in [6, 6.07) is 0. The van der Waals surface area contributed by atoms with Gasteiger partial charge in [0.15, 0.2) is 11.2 Å². The number of unbranched alkanes of at least 4 members (excludes halogenated alkanes) is 3. The van der Waals surface area contributed by atoms with Crippen molar-refractivity contribution in [3.05, 3.63) is 26.7 Å². The zero-order valence-electron chi connectivity index (χ0n) is 20.0. The van der Waals surface area contributed by atoms with Gasteiger partial charge in [-0.15, -0.1) is 0 Å². The molecule has 2 aromatic rings. The Bertz CT molecular complexity index is 1020. The van der Waals surface area contributed by atoms with E-state index in [2.05, 4.69) is 29.0 Å². The average molecular weight is 463 g/mol. The molecule has 0 unspecified atom stereocenters. The van der Waals surface area contributed by atoms with E-state index >= 15 is 0 Å². The highest BCUT2D eigenvalue weighted by Gasteiger charge is 2.19. The van der Waals surface area contributed by atoms with E-state index in [0.717, 1.165) is 65.0 Å².